The molecule has 0 spiro atoms. The van der Waals surface area contributed by atoms with Crippen molar-refractivity contribution in [2.45, 2.75) is 62.4 Å². The van der Waals surface area contributed by atoms with Crippen LogP contribution in [0.2, 0.25) is 0 Å². The first kappa shape index (κ1) is 28.3. The SMILES string of the molecule is COc1cc2c(cc1OC)N(C(=O)OCc1ccc3c(c1)O[C@H]1[C@H](O3)O[C@H](CO)[C@H](O)[C@@H]1O)C(O)[C@@H]1CCCN1C2=O. The van der Waals surface area contributed by atoms with E-state index in [1.165, 1.54) is 26.4 Å². The molecule has 0 radical (unpaired) electrons. The van der Waals surface area contributed by atoms with Crippen molar-refractivity contribution in [1.29, 1.82) is 0 Å². The quantitative estimate of drug-likeness (QED) is 0.378. The Morgan fingerprint density at radius 2 is 1.79 bits per heavy atom. The third-order valence-electron chi connectivity index (χ3n) is 8.06. The fraction of sp³-hybridized carbons (Fsp3) is 0.500. The van der Waals surface area contributed by atoms with E-state index in [-0.39, 0.29) is 35.3 Å². The molecule has 6 rings (SSSR count). The molecule has 2 amide bonds. The van der Waals surface area contributed by atoms with Gasteiger partial charge in [0.1, 0.15) is 24.9 Å². The molecule has 0 aromatic heterocycles. The summed E-state index contributed by atoms with van der Waals surface area (Å²) >= 11 is 0. The maximum atomic E-state index is 13.5. The number of rotatable bonds is 5. The van der Waals surface area contributed by atoms with E-state index in [1.54, 1.807) is 23.1 Å². The molecule has 0 aliphatic carbocycles. The third-order valence-corrected chi connectivity index (χ3v) is 8.06. The van der Waals surface area contributed by atoms with Crippen LogP contribution in [0.4, 0.5) is 10.5 Å². The zero-order chi connectivity index (χ0) is 29.7. The van der Waals surface area contributed by atoms with Gasteiger partial charge in [0.05, 0.1) is 38.1 Å². The Morgan fingerprint density at radius 1 is 1.02 bits per heavy atom. The summed E-state index contributed by atoms with van der Waals surface area (Å²) in [5, 5.41) is 41.4. The summed E-state index contributed by atoms with van der Waals surface area (Å²) in [6, 6.07) is 7.09. The average Bonchev–Trinajstić information content (AvgIpc) is 3.48. The molecule has 0 saturated carbocycles. The van der Waals surface area contributed by atoms with Gasteiger partial charge < -0.3 is 53.7 Å². The first-order chi connectivity index (χ1) is 20.2. The topological polar surface area (TPSA) is 177 Å². The van der Waals surface area contributed by atoms with E-state index >= 15 is 0 Å². The number of aliphatic hydroxyl groups is 4. The highest BCUT2D eigenvalue weighted by atomic mass is 16.7. The van der Waals surface area contributed by atoms with Crippen LogP contribution in [0.1, 0.15) is 28.8 Å². The molecule has 2 fully saturated rings. The van der Waals surface area contributed by atoms with Gasteiger partial charge in [-0.1, -0.05) is 6.07 Å². The molecule has 2 aromatic rings. The van der Waals surface area contributed by atoms with E-state index in [1.807, 2.05) is 0 Å². The fourth-order valence-electron chi connectivity index (χ4n) is 5.86. The zero-order valence-corrected chi connectivity index (χ0v) is 22.9. The molecule has 4 aliphatic rings. The molecule has 0 bridgehead atoms. The number of amides is 2. The molecule has 2 aromatic carbocycles. The third kappa shape index (κ3) is 4.65. The number of anilines is 1. The van der Waals surface area contributed by atoms with Crippen molar-refractivity contribution in [1.82, 2.24) is 4.90 Å². The van der Waals surface area contributed by atoms with E-state index in [0.717, 1.165) is 4.90 Å². The first-order valence-corrected chi connectivity index (χ1v) is 13.6. The van der Waals surface area contributed by atoms with Crippen molar-refractivity contribution in [3.8, 4) is 23.0 Å². The molecule has 42 heavy (non-hydrogen) atoms. The van der Waals surface area contributed by atoms with E-state index in [2.05, 4.69) is 0 Å². The van der Waals surface area contributed by atoms with Gasteiger partial charge in [0.25, 0.3) is 5.91 Å². The molecular weight excluding hydrogens is 556 g/mol. The summed E-state index contributed by atoms with van der Waals surface area (Å²) in [5.41, 5.74) is 0.796. The average molecular weight is 589 g/mol. The van der Waals surface area contributed by atoms with E-state index in [4.69, 9.17) is 28.4 Å². The van der Waals surface area contributed by atoms with Crippen molar-refractivity contribution in [3.63, 3.8) is 0 Å². The van der Waals surface area contributed by atoms with Crippen LogP contribution in [-0.2, 0) is 16.1 Å². The Bertz CT molecular complexity index is 1370. The number of carbonyl (C=O) groups excluding carboxylic acids is 2. The second kappa shape index (κ2) is 11.1. The van der Waals surface area contributed by atoms with Crippen LogP contribution in [0.25, 0.3) is 0 Å². The Labute approximate surface area is 240 Å². The summed E-state index contributed by atoms with van der Waals surface area (Å²) < 4.78 is 33.5. The lowest BCUT2D eigenvalue weighted by atomic mass is 9.98. The lowest BCUT2D eigenvalue weighted by molar-refractivity contribution is -0.279. The second-order valence-electron chi connectivity index (χ2n) is 10.5. The number of carbonyl (C=O) groups is 2. The molecule has 2 saturated heterocycles. The van der Waals surface area contributed by atoms with Crippen LogP contribution in [0.5, 0.6) is 23.0 Å². The number of methoxy groups -OCH3 is 2. The van der Waals surface area contributed by atoms with Crippen LogP contribution in [0.3, 0.4) is 0 Å². The van der Waals surface area contributed by atoms with Crippen LogP contribution in [0.15, 0.2) is 30.3 Å². The number of fused-ring (bicyclic) bond motifs is 4. The molecule has 4 aliphatic heterocycles. The highest BCUT2D eigenvalue weighted by Gasteiger charge is 2.49. The molecule has 226 valence electrons. The maximum Gasteiger partial charge on any atom is 0.416 e. The van der Waals surface area contributed by atoms with Gasteiger partial charge >= 0.3 is 6.09 Å². The number of hydrogen-bond donors (Lipinski definition) is 4. The Hall–Kier alpha value is -3.82. The predicted molar refractivity (Wildman–Crippen MR) is 142 cm³/mol. The lowest BCUT2D eigenvalue weighted by Gasteiger charge is -2.44. The molecule has 1 unspecified atom stereocenters. The monoisotopic (exact) mass is 588 g/mol. The van der Waals surface area contributed by atoms with Gasteiger partial charge in [0, 0.05) is 12.6 Å². The minimum absolute atomic E-state index is 0.129. The summed E-state index contributed by atoms with van der Waals surface area (Å²) in [5.74, 6) is 0.759. The first-order valence-electron chi connectivity index (χ1n) is 13.6. The van der Waals surface area contributed by atoms with Gasteiger partial charge in [-0.2, -0.15) is 0 Å². The number of nitrogens with zero attached hydrogens (tertiary/aromatic N) is 2. The molecule has 14 heteroatoms. The molecular formula is C28H32N2O12. The fourth-order valence-corrected chi connectivity index (χ4v) is 5.86. The summed E-state index contributed by atoms with van der Waals surface area (Å²) in [6.07, 6.45) is -6.97. The highest BCUT2D eigenvalue weighted by molar-refractivity contribution is 6.06. The van der Waals surface area contributed by atoms with Crippen LogP contribution < -0.4 is 23.8 Å². The Kier molecular flexibility index (Phi) is 7.49. The highest BCUT2D eigenvalue weighted by Crippen LogP contribution is 2.42. The summed E-state index contributed by atoms with van der Waals surface area (Å²) in [7, 11) is 2.86. The van der Waals surface area contributed by atoms with Crippen molar-refractivity contribution in [2.75, 3.05) is 32.3 Å². The van der Waals surface area contributed by atoms with Gasteiger partial charge in [-0.15, -0.1) is 0 Å². The van der Waals surface area contributed by atoms with Crippen molar-refractivity contribution >= 4 is 17.7 Å². The Balaban J connectivity index is 1.24. The van der Waals surface area contributed by atoms with Crippen LogP contribution in [-0.4, -0.2) is 108 Å². The van der Waals surface area contributed by atoms with Crippen LogP contribution in [0, 0.1) is 0 Å². The number of aliphatic hydroxyl groups excluding tert-OH is 4. The van der Waals surface area contributed by atoms with E-state index in [0.29, 0.717) is 36.4 Å². The molecule has 14 nitrogen and oxygen atoms in total. The number of ether oxygens (including phenoxy) is 6. The minimum Gasteiger partial charge on any atom is -0.493 e. The molecule has 4 N–H and O–H groups in total. The predicted octanol–water partition coefficient (Wildman–Crippen LogP) is 0.362. The minimum atomic E-state index is -1.38. The Morgan fingerprint density at radius 3 is 2.52 bits per heavy atom. The zero-order valence-electron chi connectivity index (χ0n) is 22.9. The maximum absolute atomic E-state index is 13.5. The summed E-state index contributed by atoms with van der Waals surface area (Å²) in [6.45, 7) is -0.300. The van der Waals surface area contributed by atoms with Gasteiger partial charge in [-0.05, 0) is 36.6 Å². The number of benzene rings is 2. The normalized spacial score (nSPS) is 29.7. The van der Waals surface area contributed by atoms with E-state index in [9.17, 15) is 30.0 Å². The van der Waals surface area contributed by atoms with Crippen LogP contribution >= 0.6 is 0 Å². The van der Waals surface area contributed by atoms with Crippen molar-refractivity contribution in [3.05, 3.63) is 41.5 Å². The van der Waals surface area contributed by atoms with Gasteiger partial charge in [0.2, 0.25) is 6.29 Å². The smallest absolute Gasteiger partial charge is 0.416 e. The number of hydrogen-bond acceptors (Lipinski definition) is 12. The van der Waals surface area contributed by atoms with Gasteiger partial charge in [-0.3, -0.25) is 4.79 Å². The second-order valence-corrected chi connectivity index (χ2v) is 10.5. The largest absolute Gasteiger partial charge is 0.493 e. The standard InChI is InChI=1S/C28H32N2O12/c1-37-18-9-14-16(10-19(18)38-2)30(26(35)15-4-3-7-29(15)25(14)34)28(36)39-12-13-5-6-17-20(8-13)40-24-23(33)22(32)21(11-31)42-27(24)41-17/h5-6,8-10,15,21-24,26-27,31-33,35H,3-4,7,11-12H2,1-2H3/t15-,21+,22-,23-,24+,26?,27+/m0/s1. The van der Waals surface area contributed by atoms with Gasteiger partial charge in [0.15, 0.2) is 35.3 Å². The van der Waals surface area contributed by atoms with Crippen molar-refractivity contribution in [2.24, 2.45) is 0 Å². The van der Waals surface area contributed by atoms with Gasteiger partial charge in [-0.25, -0.2) is 9.69 Å². The molecule has 7 atom stereocenters. The lowest BCUT2D eigenvalue weighted by Crippen LogP contribution is -2.63. The van der Waals surface area contributed by atoms with E-state index < -0.39 is 55.7 Å². The van der Waals surface area contributed by atoms with Crippen molar-refractivity contribution < 1.29 is 58.4 Å². The summed E-state index contributed by atoms with van der Waals surface area (Å²) in [4.78, 5) is 29.6. The molecule has 4 heterocycles.